The van der Waals surface area contributed by atoms with Gasteiger partial charge in [-0.1, -0.05) is 0 Å². The number of aryl methyl sites for hydroxylation is 2. The largest absolute Gasteiger partial charge is 0.467 e. The van der Waals surface area contributed by atoms with Crippen LogP contribution in [0.1, 0.15) is 5.69 Å². The molecule has 18 heavy (non-hydrogen) atoms. The average Bonchev–Trinajstić information content (AvgIpc) is 2.67. The van der Waals surface area contributed by atoms with Crippen LogP contribution in [0, 0.1) is 6.92 Å². The lowest BCUT2D eigenvalue weighted by atomic mass is 10.5. The first-order chi connectivity index (χ1) is 8.62. The molecule has 1 N–H and O–H groups in total. The Labute approximate surface area is 104 Å². The van der Waals surface area contributed by atoms with Gasteiger partial charge in [-0.25, -0.2) is 4.68 Å². The van der Waals surface area contributed by atoms with Gasteiger partial charge in [0, 0.05) is 20.2 Å². The number of nitrogens with zero attached hydrogens (tertiary/aromatic N) is 5. The van der Waals surface area contributed by atoms with Gasteiger partial charge in [-0.2, -0.15) is 15.1 Å². The topological polar surface area (TPSA) is 87.0 Å². The van der Waals surface area contributed by atoms with E-state index in [1.54, 1.807) is 24.8 Å². The summed E-state index contributed by atoms with van der Waals surface area (Å²) in [6.45, 7) is 1.87. The molecule has 2 aromatic rings. The Kier molecular flexibility index (Phi) is 3.26. The predicted molar refractivity (Wildman–Crippen MR) is 63.9 cm³/mol. The summed E-state index contributed by atoms with van der Waals surface area (Å²) in [5.41, 5.74) is 0.849. The molecule has 0 aliphatic carbocycles. The molecule has 0 unspecified atom stereocenters. The molecule has 0 amide bonds. The molecular weight excluding hydrogens is 236 g/mol. The van der Waals surface area contributed by atoms with Crippen molar-refractivity contribution in [3.05, 3.63) is 11.8 Å². The molecule has 2 aromatic heterocycles. The van der Waals surface area contributed by atoms with E-state index in [1.165, 1.54) is 7.11 Å². The van der Waals surface area contributed by atoms with Crippen molar-refractivity contribution in [2.45, 2.75) is 6.92 Å². The summed E-state index contributed by atoms with van der Waals surface area (Å²) in [6, 6.07) is 2.12. The van der Waals surface area contributed by atoms with E-state index in [0.29, 0.717) is 11.8 Å². The van der Waals surface area contributed by atoms with Crippen LogP contribution in [0.5, 0.6) is 17.9 Å². The summed E-state index contributed by atoms with van der Waals surface area (Å²) < 4.78 is 12.1. The van der Waals surface area contributed by atoms with Crippen LogP contribution in [0.15, 0.2) is 6.07 Å². The first-order valence-corrected chi connectivity index (χ1v) is 5.28. The maximum atomic E-state index is 5.53. The van der Waals surface area contributed by atoms with E-state index in [2.05, 4.69) is 25.4 Å². The molecule has 0 spiro atoms. The highest BCUT2D eigenvalue weighted by Crippen LogP contribution is 2.20. The quantitative estimate of drug-likeness (QED) is 0.856. The monoisotopic (exact) mass is 250 g/mol. The van der Waals surface area contributed by atoms with Gasteiger partial charge in [-0.15, -0.1) is 4.98 Å². The fraction of sp³-hybridized carbons (Fsp3) is 0.400. The molecule has 2 heterocycles. The second-order valence-electron chi connectivity index (χ2n) is 3.53. The van der Waals surface area contributed by atoms with Crippen molar-refractivity contribution >= 4 is 5.95 Å². The van der Waals surface area contributed by atoms with E-state index in [9.17, 15) is 0 Å². The maximum Gasteiger partial charge on any atom is 0.331 e. The molecule has 2 rings (SSSR count). The van der Waals surface area contributed by atoms with Gasteiger partial charge in [0.25, 0.3) is 0 Å². The van der Waals surface area contributed by atoms with Crippen LogP contribution < -0.4 is 14.8 Å². The third-order valence-electron chi connectivity index (χ3n) is 2.16. The van der Waals surface area contributed by atoms with E-state index in [1.807, 2.05) is 6.92 Å². The van der Waals surface area contributed by atoms with Crippen LogP contribution in [0.2, 0.25) is 0 Å². The Bertz CT molecular complexity index is 531. The van der Waals surface area contributed by atoms with Crippen molar-refractivity contribution < 1.29 is 9.47 Å². The normalized spacial score (nSPS) is 10.2. The summed E-state index contributed by atoms with van der Waals surface area (Å²) >= 11 is 0. The molecule has 96 valence electrons. The van der Waals surface area contributed by atoms with Crippen LogP contribution in [0.4, 0.5) is 5.95 Å². The van der Waals surface area contributed by atoms with Gasteiger partial charge in [0.1, 0.15) is 0 Å². The number of ether oxygens (including phenoxy) is 2. The SMILES string of the molecule is CNc1nc(OC)nc(Oc2cc(C)nn2C)n1. The lowest BCUT2D eigenvalue weighted by Crippen LogP contribution is -2.04. The zero-order valence-electron chi connectivity index (χ0n) is 10.6. The number of nitrogens with one attached hydrogen (secondary N) is 1. The molecule has 0 saturated carbocycles. The van der Waals surface area contributed by atoms with Gasteiger partial charge < -0.3 is 14.8 Å². The maximum absolute atomic E-state index is 5.53. The molecule has 0 saturated heterocycles. The van der Waals surface area contributed by atoms with Gasteiger partial charge in [0.2, 0.25) is 11.8 Å². The minimum Gasteiger partial charge on any atom is -0.467 e. The zero-order valence-corrected chi connectivity index (χ0v) is 10.6. The number of methoxy groups -OCH3 is 1. The second kappa shape index (κ2) is 4.86. The number of hydrogen-bond acceptors (Lipinski definition) is 7. The molecule has 0 aliphatic rings. The number of anilines is 1. The summed E-state index contributed by atoms with van der Waals surface area (Å²) in [5, 5.41) is 6.97. The minimum atomic E-state index is 0.147. The van der Waals surface area contributed by atoms with Crippen LogP contribution in [-0.2, 0) is 7.05 Å². The standard InChI is InChI=1S/C10H14N6O2/c1-6-5-7(16(3)15-6)18-10-13-8(11-2)12-9(14-10)17-4/h5H,1-4H3,(H,11,12,13,14). The Morgan fingerprint density at radius 3 is 2.50 bits per heavy atom. The number of rotatable bonds is 4. The summed E-state index contributed by atoms with van der Waals surface area (Å²) in [6.07, 6.45) is 0. The third kappa shape index (κ3) is 2.47. The van der Waals surface area contributed by atoms with E-state index in [-0.39, 0.29) is 12.0 Å². The van der Waals surface area contributed by atoms with Crippen LogP contribution >= 0.6 is 0 Å². The van der Waals surface area contributed by atoms with Crippen molar-refractivity contribution in [3.8, 4) is 17.9 Å². The highest BCUT2D eigenvalue weighted by molar-refractivity contribution is 5.28. The molecule has 0 bridgehead atoms. The van der Waals surface area contributed by atoms with Gasteiger partial charge in [-0.3, -0.25) is 0 Å². The third-order valence-corrected chi connectivity index (χ3v) is 2.16. The van der Waals surface area contributed by atoms with Crippen LogP contribution in [0.3, 0.4) is 0 Å². The Morgan fingerprint density at radius 2 is 1.94 bits per heavy atom. The Morgan fingerprint density at radius 1 is 1.22 bits per heavy atom. The Balaban J connectivity index is 2.30. The first kappa shape index (κ1) is 12.1. The van der Waals surface area contributed by atoms with Gasteiger partial charge >= 0.3 is 12.0 Å². The lowest BCUT2D eigenvalue weighted by Gasteiger charge is -2.06. The fourth-order valence-corrected chi connectivity index (χ4v) is 1.36. The van der Waals surface area contributed by atoms with Crippen molar-refractivity contribution in [3.63, 3.8) is 0 Å². The van der Waals surface area contributed by atoms with E-state index in [0.717, 1.165) is 5.69 Å². The molecule has 0 atom stereocenters. The van der Waals surface area contributed by atoms with Crippen molar-refractivity contribution in [2.75, 3.05) is 19.5 Å². The molecule has 8 nitrogen and oxygen atoms in total. The smallest absolute Gasteiger partial charge is 0.331 e. The zero-order chi connectivity index (χ0) is 13.1. The van der Waals surface area contributed by atoms with E-state index < -0.39 is 0 Å². The lowest BCUT2D eigenvalue weighted by molar-refractivity contribution is 0.351. The summed E-state index contributed by atoms with van der Waals surface area (Å²) in [4.78, 5) is 12.0. The molecule has 0 fully saturated rings. The van der Waals surface area contributed by atoms with Gasteiger partial charge in [-0.05, 0) is 6.92 Å². The van der Waals surface area contributed by atoms with Crippen LogP contribution in [0.25, 0.3) is 0 Å². The molecule has 8 heteroatoms. The Hall–Kier alpha value is -2.38. The van der Waals surface area contributed by atoms with Gasteiger partial charge in [0.15, 0.2) is 0 Å². The van der Waals surface area contributed by atoms with Crippen molar-refractivity contribution in [1.29, 1.82) is 0 Å². The molecular formula is C10H14N6O2. The number of aromatic nitrogens is 5. The summed E-state index contributed by atoms with van der Waals surface area (Å²) in [7, 11) is 4.96. The van der Waals surface area contributed by atoms with Crippen molar-refractivity contribution in [1.82, 2.24) is 24.7 Å². The molecule has 0 aromatic carbocycles. The first-order valence-electron chi connectivity index (χ1n) is 5.28. The molecule has 0 radical (unpaired) electrons. The van der Waals surface area contributed by atoms with Crippen LogP contribution in [-0.4, -0.2) is 38.9 Å². The average molecular weight is 250 g/mol. The number of hydrogen-bond donors (Lipinski definition) is 1. The van der Waals surface area contributed by atoms with Gasteiger partial charge in [0.05, 0.1) is 12.8 Å². The van der Waals surface area contributed by atoms with Crippen molar-refractivity contribution in [2.24, 2.45) is 7.05 Å². The highest BCUT2D eigenvalue weighted by atomic mass is 16.5. The minimum absolute atomic E-state index is 0.147. The second-order valence-corrected chi connectivity index (χ2v) is 3.53. The molecule has 0 aliphatic heterocycles. The van der Waals surface area contributed by atoms with E-state index in [4.69, 9.17) is 9.47 Å². The fourth-order valence-electron chi connectivity index (χ4n) is 1.36. The predicted octanol–water partition coefficient (Wildman–Crippen LogP) is 0.756. The van der Waals surface area contributed by atoms with E-state index >= 15 is 0 Å². The summed E-state index contributed by atoms with van der Waals surface area (Å²) in [5.74, 6) is 0.915. The highest BCUT2D eigenvalue weighted by Gasteiger charge is 2.10.